The Balaban J connectivity index is 2.44. The maximum absolute atomic E-state index is 11.8. The van der Waals surface area contributed by atoms with Crippen molar-refractivity contribution in [1.82, 2.24) is 5.32 Å². The SMILES string of the molecule is COC(=O)[C@@]1(c2ccccc2)CCC(=O)N1. The van der Waals surface area contributed by atoms with E-state index < -0.39 is 11.5 Å². The molecule has 1 saturated heterocycles. The van der Waals surface area contributed by atoms with Gasteiger partial charge in [0.05, 0.1) is 7.11 Å². The largest absolute Gasteiger partial charge is 0.467 e. The minimum Gasteiger partial charge on any atom is -0.467 e. The lowest BCUT2D eigenvalue weighted by atomic mass is 9.88. The first-order valence-electron chi connectivity index (χ1n) is 5.14. The summed E-state index contributed by atoms with van der Waals surface area (Å²) in [6.45, 7) is 0. The minimum atomic E-state index is -0.993. The summed E-state index contributed by atoms with van der Waals surface area (Å²) >= 11 is 0. The summed E-state index contributed by atoms with van der Waals surface area (Å²) in [5, 5.41) is 2.72. The molecule has 1 aromatic rings. The summed E-state index contributed by atoms with van der Waals surface area (Å²) in [6, 6.07) is 9.19. The Labute approximate surface area is 93.6 Å². The fourth-order valence-electron chi connectivity index (χ4n) is 2.05. The third-order valence-corrected chi connectivity index (χ3v) is 2.88. The van der Waals surface area contributed by atoms with E-state index >= 15 is 0 Å². The van der Waals surface area contributed by atoms with E-state index in [1.807, 2.05) is 30.3 Å². The lowest BCUT2D eigenvalue weighted by Gasteiger charge is -2.26. The second-order valence-electron chi connectivity index (χ2n) is 3.81. The standard InChI is InChI=1S/C12H13NO3/c1-16-11(15)12(8-7-10(14)13-12)9-5-3-2-4-6-9/h2-6H,7-8H2,1H3,(H,13,14)/t12-/m0/s1. The van der Waals surface area contributed by atoms with Crippen molar-refractivity contribution in [3.8, 4) is 0 Å². The van der Waals surface area contributed by atoms with Crippen molar-refractivity contribution < 1.29 is 14.3 Å². The molecular formula is C12H13NO3. The molecule has 2 rings (SSSR count). The van der Waals surface area contributed by atoms with E-state index in [9.17, 15) is 9.59 Å². The van der Waals surface area contributed by atoms with Crippen LogP contribution in [0, 0.1) is 0 Å². The first kappa shape index (κ1) is 10.7. The molecule has 84 valence electrons. The molecule has 1 aliphatic heterocycles. The van der Waals surface area contributed by atoms with Gasteiger partial charge in [0.15, 0.2) is 5.54 Å². The zero-order chi connectivity index (χ0) is 11.6. The van der Waals surface area contributed by atoms with E-state index in [2.05, 4.69) is 5.32 Å². The molecule has 1 amide bonds. The van der Waals surface area contributed by atoms with Gasteiger partial charge in [-0.15, -0.1) is 0 Å². The molecule has 0 unspecified atom stereocenters. The molecule has 1 fully saturated rings. The third-order valence-electron chi connectivity index (χ3n) is 2.88. The van der Waals surface area contributed by atoms with Crippen molar-refractivity contribution in [3.05, 3.63) is 35.9 Å². The number of amides is 1. The van der Waals surface area contributed by atoms with Gasteiger partial charge in [-0.1, -0.05) is 30.3 Å². The summed E-state index contributed by atoms with van der Waals surface area (Å²) in [5.74, 6) is -0.529. The van der Waals surface area contributed by atoms with Crippen LogP contribution in [0.25, 0.3) is 0 Å². The zero-order valence-electron chi connectivity index (χ0n) is 9.03. The molecule has 1 N–H and O–H groups in total. The average molecular weight is 219 g/mol. The van der Waals surface area contributed by atoms with Crippen molar-refractivity contribution >= 4 is 11.9 Å². The van der Waals surface area contributed by atoms with Crippen molar-refractivity contribution in [2.75, 3.05) is 7.11 Å². The Bertz CT molecular complexity index is 416. The molecule has 4 nitrogen and oxygen atoms in total. The van der Waals surface area contributed by atoms with Crippen LogP contribution >= 0.6 is 0 Å². The Morgan fingerprint density at radius 2 is 2.06 bits per heavy atom. The Morgan fingerprint density at radius 3 is 2.56 bits per heavy atom. The van der Waals surface area contributed by atoms with Gasteiger partial charge in [0.1, 0.15) is 0 Å². The molecule has 1 atom stereocenters. The lowest BCUT2D eigenvalue weighted by molar-refractivity contribution is -0.149. The number of methoxy groups -OCH3 is 1. The summed E-state index contributed by atoms with van der Waals surface area (Å²) in [5.41, 5.74) is -0.222. The normalized spacial score (nSPS) is 23.9. The second kappa shape index (κ2) is 3.96. The van der Waals surface area contributed by atoms with Gasteiger partial charge < -0.3 is 10.1 Å². The number of hydrogen-bond acceptors (Lipinski definition) is 3. The van der Waals surface area contributed by atoms with E-state index in [1.165, 1.54) is 7.11 Å². The number of carbonyl (C=O) groups is 2. The van der Waals surface area contributed by atoms with Crippen LogP contribution in [0.2, 0.25) is 0 Å². The second-order valence-corrected chi connectivity index (χ2v) is 3.81. The van der Waals surface area contributed by atoms with E-state index in [1.54, 1.807) is 0 Å². The number of rotatable bonds is 2. The van der Waals surface area contributed by atoms with Gasteiger partial charge in [-0.05, 0) is 12.0 Å². The topological polar surface area (TPSA) is 55.4 Å². The fourth-order valence-corrected chi connectivity index (χ4v) is 2.05. The van der Waals surface area contributed by atoms with Gasteiger partial charge in [0.25, 0.3) is 0 Å². The molecule has 4 heteroatoms. The number of nitrogens with one attached hydrogen (secondary N) is 1. The molecule has 0 radical (unpaired) electrons. The minimum absolute atomic E-state index is 0.116. The highest BCUT2D eigenvalue weighted by Gasteiger charge is 2.46. The van der Waals surface area contributed by atoms with Crippen molar-refractivity contribution in [3.63, 3.8) is 0 Å². The van der Waals surface area contributed by atoms with Crippen LogP contribution < -0.4 is 5.32 Å². The number of esters is 1. The van der Waals surface area contributed by atoms with Crippen LogP contribution in [-0.4, -0.2) is 19.0 Å². The van der Waals surface area contributed by atoms with E-state index in [-0.39, 0.29) is 5.91 Å². The van der Waals surface area contributed by atoms with Crippen LogP contribution in [0.1, 0.15) is 18.4 Å². The van der Waals surface area contributed by atoms with Crippen LogP contribution in [0.5, 0.6) is 0 Å². The van der Waals surface area contributed by atoms with Crippen LogP contribution in [0.15, 0.2) is 30.3 Å². The Morgan fingerprint density at radius 1 is 1.38 bits per heavy atom. The zero-order valence-corrected chi connectivity index (χ0v) is 9.03. The maximum atomic E-state index is 11.8. The van der Waals surface area contributed by atoms with Crippen molar-refractivity contribution in [2.24, 2.45) is 0 Å². The van der Waals surface area contributed by atoms with Crippen molar-refractivity contribution in [1.29, 1.82) is 0 Å². The molecule has 0 bridgehead atoms. The van der Waals surface area contributed by atoms with E-state index in [4.69, 9.17) is 4.74 Å². The first-order valence-corrected chi connectivity index (χ1v) is 5.14. The van der Waals surface area contributed by atoms with Crippen LogP contribution in [0.4, 0.5) is 0 Å². The maximum Gasteiger partial charge on any atom is 0.336 e. The summed E-state index contributed by atoms with van der Waals surface area (Å²) in [4.78, 5) is 23.2. The third kappa shape index (κ3) is 1.56. The van der Waals surface area contributed by atoms with Crippen LogP contribution in [-0.2, 0) is 19.9 Å². The highest BCUT2D eigenvalue weighted by molar-refractivity contribution is 5.92. The van der Waals surface area contributed by atoms with Gasteiger partial charge in [-0.3, -0.25) is 4.79 Å². The summed E-state index contributed by atoms with van der Waals surface area (Å²) in [7, 11) is 1.33. The molecule has 0 spiro atoms. The van der Waals surface area contributed by atoms with Gasteiger partial charge in [0.2, 0.25) is 5.91 Å². The average Bonchev–Trinajstić information content (AvgIpc) is 2.73. The van der Waals surface area contributed by atoms with Crippen LogP contribution in [0.3, 0.4) is 0 Å². The molecule has 0 saturated carbocycles. The summed E-state index contributed by atoms with van der Waals surface area (Å²) < 4.78 is 4.79. The smallest absolute Gasteiger partial charge is 0.336 e. The monoisotopic (exact) mass is 219 g/mol. The molecule has 16 heavy (non-hydrogen) atoms. The lowest BCUT2D eigenvalue weighted by Crippen LogP contribution is -2.46. The Hall–Kier alpha value is -1.84. The number of ether oxygens (including phenoxy) is 1. The number of benzene rings is 1. The highest BCUT2D eigenvalue weighted by Crippen LogP contribution is 2.32. The number of carbonyl (C=O) groups excluding carboxylic acids is 2. The van der Waals surface area contributed by atoms with E-state index in [0.717, 1.165) is 5.56 Å². The number of hydrogen-bond donors (Lipinski definition) is 1. The van der Waals surface area contributed by atoms with Gasteiger partial charge in [-0.25, -0.2) is 4.79 Å². The molecule has 0 aromatic heterocycles. The van der Waals surface area contributed by atoms with Gasteiger partial charge in [0, 0.05) is 6.42 Å². The fraction of sp³-hybridized carbons (Fsp3) is 0.333. The summed E-state index contributed by atoms with van der Waals surface area (Å²) in [6.07, 6.45) is 0.798. The van der Waals surface area contributed by atoms with Crippen molar-refractivity contribution in [2.45, 2.75) is 18.4 Å². The predicted molar refractivity (Wildman–Crippen MR) is 57.5 cm³/mol. The quantitative estimate of drug-likeness (QED) is 0.754. The molecular weight excluding hydrogens is 206 g/mol. The molecule has 1 heterocycles. The first-order chi connectivity index (χ1) is 7.69. The molecule has 1 aromatic carbocycles. The van der Waals surface area contributed by atoms with E-state index in [0.29, 0.717) is 12.8 Å². The van der Waals surface area contributed by atoms with Gasteiger partial charge >= 0.3 is 5.97 Å². The van der Waals surface area contributed by atoms with Gasteiger partial charge in [-0.2, -0.15) is 0 Å². The predicted octanol–water partition coefficient (Wildman–Crippen LogP) is 0.965. The molecule has 1 aliphatic rings. The molecule has 0 aliphatic carbocycles. The highest BCUT2D eigenvalue weighted by atomic mass is 16.5. The Kier molecular flexibility index (Phi) is 2.64.